The predicted octanol–water partition coefficient (Wildman–Crippen LogP) is 5.18. The summed E-state index contributed by atoms with van der Waals surface area (Å²) in [5.74, 6) is 2.07. The molecule has 4 rings (SSSR count). The Morgan fingerprint density at radius 3 is 2.58 bits per heavy atom. The van der Waals surface area contributed by atoms with Gasteiger partial charge < -0.3 is 10.2 Å². The Morgan fingerprint density at radius 1 is 1.12 bits per heavy atom. The number of hydrogen-bond acceptors (Lipinski definition) is 2. The van der Waals surface area contributed by atoms with Gasteiger partial charge in [-0.25, -0.2) is 0 Å². The number of allylic oxidation sites excluding steroid dienone is 2. The van der Waals surface area contributed by atoms with Crippen molar-refractivity contribution in [3.63, 3.8) is 0 Å². The first-order valence-electron chi connectivity index (χ1n) is 10.8. The Kier molecular flexibility index (Phi) is 4.34. The molecule has 0 spiro atoms. The lowest BCUT2D eigenvalue weighted by atomic mass is 9.44. The van der Waals surface area contributed by atoms with Crippen molar-refractivity contribution in [3.8, 4) is 0 Å². The van der Waals surface area contributed by atoms with Gasteiger partial charge in [0.15, 0.2) is 0 Å². The first-order chi connectivity index (χ1) is 12.2. The van der Waals surface area contributed by atoms with Crippen LogP contribution in [0.1, 0.15) is 85.0 Å². The van der Waals surface area contributed by atoms with Gasteiger partial charge in [-0.2, -0.15) is 0 Å². The van der Waals surface area contributed by atoms with E-state index in [0.29, 0.717) is 29.6 Å². The summed E-state index contributed by atoms with van der Waals surface area (Å²) in [7, 11) is 0. The van der Waals surface area contributed by atoms with Crippen molar-refractivity contribution in [2.24, 2.45) is 34.5 Å². The van der Waals surface area contributed by atoms with Crippen LogP contribution in [-0.2, 0) is 4.79 Å². The van der Waals surface area contributed by atoms with Gasteiger partial charge in [0.25, 0.3) is 0 Å². The van der Waals surface area contributed by atoms with Crippen molar-refractivity contribution in [1.82, 2.24) is 0 Å². The van der Waals surface area contributed by atoms with Crippen molar-refractivity contribution in [3.05, 3.63) is 11.6 Å². The van der Waals surface area contributed by atoms with Crippen LogP contribution in [0, 0.1) is 34.5 Å². The van der Waals surface area contributed by atoms with Gasteiger partial charge in [-0.05, 0) is 99.2 Å². The first-order valence-corrected chi connectivity index (χ1v) is 10.8. The number of carboxylic acids is 1. The molecule has 4 aliphatic carbocycles. The summed E-state index contributed by atoms with van der Waals surface area (Å²) in [6, 6.07) is 0. The number of carboxylic acid groups (broad SMARTS) is 1. The summed E-state index contributed by atoms with van der Waals surface area (Å²) < 4.78 is 0. The summed E-state index contributed by atoms with van der Waals surface area (Å²) in [6.45, 7) is 7.22. The van der Waals surface area contributed by atoms with E-state index in [1.165, 1.54) is 38.5 Å². The fraction of sp³-hybridized carbons (Fsp3) is 0.870. The summed E-state index contributed by atoms with van der Waals surface area (Å²) in [6.07, 6.45) is 12.4. The van der Waals surface area contributed by atoms with Crippen molar-refractivity contribution in [2.45, 2.75) is 90.6 Å². The Labute approximate surface area is 158 Å². The van der Waals surface area contributed by atoms with E-state index >= 15 is 0 Å². The zero-order valence-electron chi connectivity index (χ0n) is 16.8. The third kappa shape index (κ3) is 2.60. The van der Waals surface area contributed by atoms with E-state index in [1.54, 1.807) is 5.57 Å². The third-order valence-corrected chi connectivity index (χ3v) is 9.50. The van der Waals surface area contributed by atoms with Crippen LogP contribution in [0.2, 0.25) is 0 Å². The lowest BCUT2D eigenvalue weighted by Gasteiger charge is -2.61. The molecule has 26 heavy (non-hydrogen) atoms. The molecule has 0 amide bonds. The number of aliphatic carboxylic acids is 1. The normalized spacial score (nSPS) is 52.2. The molecule has 3 nitrogen and oxygen atoms in total. The molecule has 4 saturated carbocycles. The van der Waals surface area contributed by atoms with Crippen LogP contribution in [0.25, 0.3) is 0 Å². The summed E-state index contributed by atoms with van der Waals surface area (Å²) in [4.78, 5) is 11.2. The molecule has 3 heteroatoms. The highest BCUT2D eigenvalue weighted by atomic mass is 16.4. The maximum absolute atomic E-state index is 11.2. The lowest BCUT2D eigenvalue weighted by Crippen LogP contribution is -2.55. The smallest absolute Gasteiger partial charge is 0.306 e. The zero-order valence-corrected chi connectivity index (χ0v) is 16.8. The summed E-state index contributed by atoms with van der Waals surface area (Å²) in [5, 5.41) is 20.1. The molecule has 0 aromatic rings. The Balaban J connectivity index is 1.57. The lowest BCUT2D eigenvalue weighted by molar-refractivity contribution is -0.161. The molecular formula is C23H36O3. The molecule has 0 radical (unpaired) electrons. The molecule has 4 fully saturated rings. The Morgan fingerprint density at radius 2 is 1.88 bits per heavy atom. The van der Waals surface area contributed by atoms with Crippen molar-refractivity contribution >= 4 is 5.97 Å². The van der Waals surface area contributed by atoms with Crippen LogP contribution in [0.5, 0.6) is 0 Å². The van der Waals surface area contributed by atoms with E-state index in [0.717, 1.165) is 24.2 Å². The monoisotopic (exact) mass is 360 g/mol. The predicted molar refractivity (Wildman–Crippen MR) is 103 cm³/mol. The van der Waals surface area contributed by atoms with Gasteiger partial charge >= 0.3 is 5.97 Å². The topological polar surface area (TPSA) is 57.5 Å². The molecule has 0 bridgehead atoms. The highest BCUT2D eigenvalue weighted by Crippen LogP contribution is 2.68. The largest absolute Gasteiger partial charge is 0.481 e. The van der Waals surface area contributed by atoms with Gasteiger partial charge in [-0.15, -0.1) is 0 Å². The molecule has 0 unspecified atom stereocenters. The zero-order chi connectivity index (χ0) is 18.7. The molecular weight excluding hydrogens is 324 g/mol. The van der Waals surface area contributed by atoms with Gasteiger partial charge in [0, 0.05) is 0 Å². The van der Waals surface area contributed by atoms with Crippen LogP contribution in [-0.4, -0.2) is 21.8 Å². The van der Waals surface area contributed by atoms with Crippen LogP contribution in [0.15, 0.2) is 11.6 Å². The van der Waals surface area contributed by atoms with E-state index in [4.69, 9.17) is 0 Å². The summed E-state index contributed by atoms with van der Waals surface area (Å²) in [5.41, 5.74) is 1.45. The highest BCUT2D eigenvalue weighted by Gasteiger charge is 2.60. The molecule has 2 N–H and O–H groups in total. The highest BCUT2D eigenvalue weighted by molar-refractivity contribution is 5.68. The van der Waals surface area contributed by atoms with Crippen molar-refractivity contribution in [1.29, 1.82) is 0 Å². The van der Waals surface area contributed by atoms with E-state index in [1.807, 2.05) is 0 Å². The molecule has 0 heterocycles. The minimum atomic E-state index is -0.975. The fourth-order valence-corrected chi connectivity index (χ4v) is 8.09. The van der Waals surface area contributed by atoms with Crippen LogP contribution in [0.3, 0.4) is 0 Å². The number of rotatable bonds is 2. The first kappa shape index (κ1) is 18.5. The van der Waals surface area contributed by atoms with Gasteiger partial charge in [0.2, 0.25) is 0 Å². The van der Waals surface area contributed by atoms with E-state index in [9.17, 15) is 15.0 Å². The maximum Gasteiger partial charge on any atom is 0.306 e. The number of hydrogen-bond donors (Lipinski definition) is 2. The molecule has 4 aliphatic rings. The van der Waals surface area contributed by atoms with Crippen molar-refractivity contribution in [2.75, 3.05) is 0 Å². The minimum Gasteiger partial charge on any atom is -0.481 e. The van der Waals surface area contributed by atoms with Gasteiger partial charge in [-0.1, -0.05) is 25.5 Å². The third-order valence-electron chi connectivity index (χ3n) is 9.50. The number of aliphatic hydroxyl groups is 1. The van der Waals surface area contributed by atoms with Gasteiger partial charge in [0.05, 0.1) is 12.0 Å². The fourth-order valence-electron chi connectivity index (χ4n) is 8.09. The van der Waals surface area contributed by atoms with E-state index in [2.05, 4.69) is 26.8 Å². The molecule has 7 atom stereocenters. The van der Waals surface area contributed by atoms with Crippen LogP contribution < -0.4 is 0 Å². The second-order valence-electron chi connectivity index (χ2n) is 10.5. The van der Waals surface area contributed by atoms with E-state index in [-0.39, 0.29) is 6.42 Å². The maximum atomic E-state index is 11.2. The number of carbonyl (C=O) groups is 1. The molecule has 0 saturated heterocycles. The van der Waals surface area contributed by atoms with Crippen molar-refractivity contribution < 1.29 is 15.0 Å². The quantitative estimate of drug-likeness (QED) is 0.667. The molecule has 0 aromatic heterocycles. The van der Waals surface area contributed by atoms with Crippen LogP contribution >= 0.6 is 0 Å². The number of fused-ring (bicyclic) bond motifs is 5. The SMILES string of the molecule is CC=C1CC[C@H]2[C@@H]3CC[C@@H]4C[C@](O)(CC(=O)O)CC[C@]4(C)[C@H]3CC[C@]12C. The Hall–Kier alpha value is -0.830. The molecule has 0 aromatic carbocycles. The Bertz CT molecular complexity index is 625. The van der Waals surface area contributed by atoms with Gasteiger partial charge in [-0.3, -0.25) is 4.79 Å². The second kappa shape index (κ2) is 6.09. The summed E-state index contributed by atoms with van der Waals surface area (Å²) >= 11 is 0. The average Bonchev–Trinajstić information content (AvgIpc) is 2.91. The minimum absolute atomic E-state index is 0.0843. The van der Waals surface area contributed by atoms with Crippen LogP contribution in [0.4, 0.5) is 0 Å². The second-order valence-corrected chi connectivity index (χ2v) is 10.5. The standard InChI is InChI=1S/C23H36O3/c1-4-15-6-8-18-17-7-5-16-13-23(26,14-20(24)25)12-11-22(16,3)19(17)9-10-21(15,18)2/h4,16-19,26H,5-14H2,1-3H3,(H,24,25)/t16-,17+,18+,19+,21-,22+,23+/m1/s1. The molecule has 0 aliphatic heterocycles. The van der Waals surface area contributed by atoms with Gasteiger partial charge in [0.1, 0.15) is 0 Å². The molecule has 146 valence electrons. The average molecular weight is 361 g/mol. The van der Waals surface area contributed by atoms with E-state index < -0.39 is 11.6 Å².